The number of piperazine rings is 1. The van der Waals surface area contributed by atoms with Crippen molar-refractivity contribution in [2.24, 2.45) is 0 Å². The zero-order chi connectivity index (χ0) is 20.0. The first-order chi connectivity index (χ1) is 14.1. The molecular formula is C21H24N4O3S. The van der Waals surface area contributed by atoms with Crippen LogP contribution in [0.5, 0.6) is 5.75 Å². The largest absolute Gasteiger partial charge is 0.495 e. The van der Waals surface area contributed by atoms with Gasteiger partial charge in [0.2, 0.25) is 10.0 Å². The maximum absolute atomic E-state index is 13.1. The van der Waals surface area contributed by atoms with Crippen LogP contribution in [-0.2, 0) is 10.0 Å². The number of sulfonamides is 1. The van der Waals surface area contributed by atoms with Crippen LogP contribution in [0.4, 0.5) is 5.69 Å². The first kappa shape index (κ1) is 18.4. The average molecular weight is 413 g/mol. The van der Waals surface area contributed by atoms with Gasteiger partial charge in [-0.25, -0.2) is 13.4 Å². The number of hydrogen-bond donors (Lipinski definition) is 0. The van der Waals surface area contributed by atoms with Crippen molar-refractivity contribution in [3.63, 3.8) is 0 Å². The number of imidazole rings is 1. The second-order valence-electron chi connectivity index (χ2n) is 7.63. The number of methoxy groups -OCH3 is 1. The molecule has 7 nitrogen and oxygen atoms in total. The summed E-state index contributed by atoms with van der Waals surface area (Å²) in [5.41, 5.74) is 3.23. The van der Waals surface area contributed by atoms with Gasteiger partial charge in [0.1, 0.15) is 16.3 Å². The predicted molar refractivity (Wildman–Crippen MR) is 111 cm³/mol. The van der Waals surface area contributed by atoms with E-state index in [4.69, 9.17) is 9.72 Å². The van der Waals surface area contributed by atoms with Crippen LogP contribution in [0.25, 0.3) is 5.65 Å². The smallest absolute Gasteiger partial charge is 0.246 e. The SMILES string of the molecule is COc1ccccc1S(=O)(=O)N1CCN(c2ccc3nc(C4CC4)cn3c2)CC1. The van der Waals surface area contributed by atoms with Crippen molar-refractivity contribution in [3.8, 4) is 5.75 Å². The molecule has 0 bridgehead atoms. The molecule has 2 fully saturated rings. The van der Waals surface area contributed by atoms with E-state index < -0.39 is 10.0 Å². The van der Waals surface area contributed by atoms with Gasteiger partial charge >= 0.3 is 0 Å². The van der Waals surface area contributed by atoms with E-state index in [-0.39, 0.29) is 4.90 Å². The fraction of sp³-hybridized carbons (Fsp3) is 0.381. The number of nitrogens with zero attached hydrogens (tertiary/aromatic N) is 4. The summed E-state index contributed by atoms with van der Waals surface area (Å²) in [6.45, 7) is 2.17. The third-order valence-corrected chi connectivity index (χ3v) is 7.68. The third-order valence-electron chi connectivity index (χ3n) is 5.74. The summed E-state index contributed by atoms with van der Waals surface area (Å²) in [6.07, 6.45) is 6.69. The summed E-state index contributed by atoms with van der Waals surface area (Å²) in [4.78, 5) is 7.15. The molecule has 1 saturated carbocycles. The normalized spacial score (nSPS) is 18.3. The molecular weight excluding hydrogens is 388 g/mol. The van der Waals surface area contributed by atoms with Crippen LogP contribution in [-0.4, -0.2) is 55.4 Å². The summed E-state index contributed by atoms with van der Waals surface area (Å²) < 4.78 is 35.0. The topological polar surface area (TPSA) is 67.2 Å². The molecule has 0 N–H and O–H groups in total. The Labute approximate surface area is 170 Å². The van der Waals surface area contributed by atoms with Gasteiger partial charge in [0.15, 0.2) is 0 Å². The number of hydrogen-bond acceptors (Lipinski definition) is 5. The van der Waals surface area contributed by atoms with Gasteiger partial charge in [-0.2, -0.15) is 4.31 Å². The Bertz CT molecular complexity index is 1150. The summed E-state index contributed by atoms with van der Waals surface area (Å²) in [5, 5.41) is 0. The van der Waals surface area contributed by atoms with Gasteiger partial charge in [-0.3, -0.25) is 0 Å². The fourth-order valence-corrected chi connectivity index (χ4v) is 5.50. The van der Waals surface area contributed by atoms with Gasteiger partial charge in [-0.05, 0) is 37.1 Å². The van der Waals surface area contributed by atoms with Crippen molar-refractivity contribution in [2.45, 2.75) is 23.7 Å². The molecule has 0 spiro atoms. The van der Waals surface area contributed by atoms with Crippen LogP contribution in [0.3, 0.4) is 0 Å². The van der Waals surface area contributed by atoms with Crippen LogP contribution in [0.15, 0.2) is 53.7 Å². The van der Waals surface area contributed by atoms with Gasteiger partial charge in [0.05, 0.1) is 18.5 Å². The number of para-hydroxylation sites is 1. The van der Waals surface area contributed by atoms with Crippen LogP contribution in [0.1, 0.15) is 24.5 Å². The van der Waals surface area contributed by atoms with Gasteiger partial charge in [0, 0.05) is 44.5 Å². The molecule has 2 aromatic heterocycles. The van der Waals surface area contributed by atoms with Gasteiger partial charge in [0.25, 0.3) is 0 Å². The molecule has 1 saturated heterocycles. The van der Waals surface area contributed by atoms with Gasteiger partial charge in [-0.15, -0.1) is 0 Å². The lowest BCUT2D eigenvalue weighted by Gasteiger charge is -2.35. The molecule has 2 aliphatic rings. The van der Waals surface area contributed by atoms with Crippen molar-refractivity contribution in [2.75, 3.05) is 38.2 Å². The van der Waals surface area contributed by atoms with E-state index in [1.807, 2.05) is 6.07 Å². The molecule has 3 aromatic rings. The molecule has 8 heteroatoms. The zero-order valence-corrected chi connectivity index (χ0v) is 17.2. The molecule has 1 aromatic carbocycles. The lowest BCUT2D eigenvalue weighted by molar-refractivity contribution is 0.374. The second kappa shape index (κ2) is 7.03. The minimum atomic E-state index is -3.58. The summed E-state index contributed by atoms with van der Waals surface area (Å²) in [5.74, 6) is 1.01. The van der Waals surface area contributed by atoms with Gasteiger partial charge in [-0.1, -0.05) is 12.1 Å². The van der Waals surface area contributed by atoms with Crippen molar-refractivity contribution >= 4 is 21.4 Å². The van der Waals surface area contributed by atoms with Crippen molar-refractivity contribution in [3.05, 3.63) is 54.5 Å². The number of aromatic nitrogens is 2. The summed E-state index contributed by atoms with van der Waals surface area (Å²) >= 11 is 0. The lowest BCUT2D eigenvalue weighted by Crippen LogP contribution is -2.48. The van der Waals surface area contributed by atoms with Crippen molar-refractivity contribution in [1.29, 1.82) is 0 Å². The number of fused-ring (bicyclic) bond motifs is 1. The Hall–Kier alpha value is -2.58. The molecule has 0 atom stereocenters. The summed E-state index contributed by atoms with van der Waals surface area (Å²) in [7, 11) is -2.08. The lowest BCUT2D eigenvalue weighted by atomic mass is 10.3. The Morgan fingerprint density at radius 1 is 1.00 bits per heavy atom. The molecule has 0 amide bonds. The first-order valence-corrected chi connectivity index (χ1v) is 11.4. The van der Waals surface area contributed by atoms with E-state index in [2.05, 4.69) is 27.8 Å². The number of benzene rings is 1. The van der Waals surface area contributed by atoms with Crippen molar-refractivity contribution in [1.82, 2.24) is 13.7 Å². The highest BCUT2D eigenvalue weighted by Crippen LogP contribution is 2.39. The maximum atomic E-state index is 13.1. The van der Waals surface area contributed by atoms with E-state index in [0.29, 0.717) is 37.8 Å². The third kappa shape index (κ3) is 3.36. The van der Waals surface area contributed by atoms with Gasteiger partial charge < -0.3 is 14.0 Å². The number of ether oxygens (including phenoxy) is 1. The van der Waals surface area contributed by atoms with E-state index in [1.54, 1.807) is 28.6 Å². The quantitative estimate of drug-likeness (QED) is 0.645. The molecule has 1 aliphatic carbocycles. The highest BCUT2D eigenvalue weighted by molar-refractivity contribution is 7.89. The second-order valence-corrected chi connectivity index (χ2v) is 9.54. The monoisotopic (exact) mass is 412 g/mol. The molecule has 0 radical (unpaired) electrons. The van der Waals surface area contributed by atoms with E-state index in [0.717, 1.165) is 11.3 Å². The molecule has 29 heavy (non-hydrogen) atoms. The van der Waals surface area contributed by atoms with Crippen LogP contribution in [0, 0.1) is 0 Å². The molecule has 1 aliphatic heterocycles. The number of pyridine rings is 1. The first-order valence-electron chi connectivity index (χ1n) is 9.93. The minimum Gasteiger partial charge on any atom is -0.495 e. The Morgan fingerprint density at radius 2 is 1.76 bits per heavy atom. The standard InChI is InChI=1S/C21H24N4O3S/c1-28-19-4-2-3-5-20(19)29(26,27)25-12-10-23(11-13-25)17-8-9-21-22-18(16-6-7-16)15-24(21)14-17/h2-5,8-9,14-16H,6-7,10-13H2,1H3. The Balaban J connectivity index is 1.33. The Morgan fingerprint density at radius 3 is 2.48 bits per heavy atom. The van der Waals surface area contributed by atoms with Crippen molar-refractivity contribution < 1.29 is 13.2 Å². The van der Waals surface area contributed by atoms with Crippen LogP contribution in [0.2, 0.25) is 0 Å². The molecule has 3 heterocycles. The Kier molecular flexibility index (Phi) is 4.48. The van der Waals surface area contributed by atoms with E-state index >= 15 is 0 Å². The zero-order valence-electron chi connectivity index (χ0n) is 16.4. The predicted octanol–water partition coefficient (Wildman–Crippen LogP) is 2.73. The van der Waals surface area contributed by atoms with E-state index in [9.17, 15) is 8.42 Å². The summed E-state index contributed by atoms with van der Waals surface area (Å²) in [6, 6.07) is 10.9. The average Bonchev–Trinajstić information content (AvgIpc) is 3.52. The van der Waals surface area contributed by atoms with Crippen LogP contribution < -0.4 is 9.64 Å². The molecule has 152 valence electrons. The highest BCUT2D eigenvalue weighted by atomic mass is 32.2. The van der Waals surface area contributed by atoms with Crippen LogP contribution >= 0.6 is 0 Å². The number of anilines is 1. The molecule has 0 unspecified atom stereocenters. The number of rotatable bonds is 5. The van der Waals surface area contributed by atoms with E-state index in [1.165, 1.54) is 25.6 Å². The molecule has 5 rings (SSSR count). The maximum Gasteiger partial charge on any atom is 0.246 e. The fourth-order valence-electron chi connectivity index (χ4n) is 3.92. The highest BCUT2D eigenvalue weighted by Gasteiger charge is 2.31. The minimum absolute atomic E-state index is 0.225.